The Morgan fingerprint density at radius 1 is 1.13 bits per heavy atom. The summed E-state index contributed by atoms with van der Waals surface area (Å²) < 4.78 is 35.5. The minimum absolute atomic E-state index is 0.0533. The van der Waals surface area contributed by atoms with Crippen molar-refractivity contribution in [3.8, 4) is 11.4 Å². The van der Waals surface area contributed by atoms with Crippen molar-refractivity contribution in [2.24, 2.45) is 4.99 Å². The average Bonchev–Trinajstić information content (AvgIpc) is 3.13. The van der Waals surface area contributed by atoms with Gasteiger partial charge < -0.3 is 10.1 Å². The van der Waals surface area contributed by atoms with Gasteiger partial charge in [0, 0.05) is 36.3 Å². The van der Waals surface area contributed by atoms with Crippen molar-refractivity contribution in [3.05, 3.63) is 53.6 Å². The van der Waals surface area contributed by atoms with Crippen LogP contribution < -0.4 is 10.0 Å². The normalized spacial score (nSPS) is 14.0. The van der Waals surface area contributed by atoms with Gasteiger partial charge in [-0.25, -0.2) is 8.42 Å². The molecule has 38 heavy (non-hydrogen) atoms. The number of amides is 1. The zero-order chi connectivity index (χ0) is 27.0. The quantitative estimate of drug-likeness (QED) is 0.346. The predicted octanol–water partition coefficient (Wildman–Crippen LogP) is 4.23. The molecule has 2 N–H and O–H groups in total. The van der Waals surface area contributed by atoms with E-state index in [1.165, 1.54) is 23.9 Å². The monoisotopic (exact) mass is 576 g/mol. The van der Waals surface area contributed by atoms with Crippen LogP contribution in [0.5, 0.6) is 0 Å². The smallest absolute Gasteiger partial charge is 0.262 e. The Morgan fingerprint density at radius 3 is 2.74 bits per heavy atom. The second-order valence-electron chi connectivity index (χ2n) is 8.57. The number of sulfonamides is 1. The lowest BCUT2D eigenvalue weighted by atomic mass is 10.2. The Balaban J connectivity index is 1.41. The fourth-order valence-electron chi connectivity index (χ4n) is 3.83. The molecule has 13 heteroatoms. The first-order valence-electron chi connectivity index (χ1n) is 12.1. The lowest BCUT2D eigenvalue weighted by Gasteiger charge is -2.12. The lowest BCUT2D eigenvalue weighted by molar-refractivity contribution is -0.113. The van der Waals surface area contributed by atoms with Crippen molar-refractivity contribution in [2.75, 3.05) is 31.3 Å². The number of hydrogen-bond donors (Lipinski definition) is 2. The van der Waals surface area contributed by atoms with Gasteiger partial charge in [-0.15, -0.1) is 10.2 Å². The number of thioether (sulfide) groups is 1. The van der Waals surface area contributed by atoms with Crippen molar-refractivity contribution in [3.63, 3.8) is 0 Å². The van der Waals surface area contributed by atoms with Crippen molar-refractivity contribution in [1.29, 1.82) is 0 Å². The van der Waals surface area contributed by atoms with Gasteiger partial charge in [-0.1, -0.05) is 35.9 Å². The van der Waals surface area contributed by atoms with Gasteiger partial charge in [0.15, 0.2) is 11.0 Å². The Bertz CT molecular complexity index is 1390. The third-order valence-corrected chi connectivity index (χ3v) is 8.32. The van der Waals surface area contributed by atoms with Gasteiger partial charge in [-0.3, -0.25) is 19.1 Å². The van der Waals surface area contributed by atoms with Gasteiger partial charge in [0.1, 0.15) is 5.84 Å². The largest absolute Gasteiger partial charge is 0.383 e. The maximum atomic E-state index is 12.9. The molecule has 1 aromatic heterocycles. The minimum atomic E-state index is -3.81. The number of aliphatic imine (C=N–C) groups is 1. The van der Waals surface area contributed by atoms with Crippen LogP contribution in [0.2, 0.25) is 5.02 Å². The number of rotatable bonds is 10. The Labute approximate surface area is 231 Å². The number of methoxy groups -OCH3 is 1. The fourth-order valence-corrected chi connectivity index (χ4v) is 5.86. The van der Waals surface area contributed by atoms with Gasteiger partial charge in [0.2, 0.25) is 5.91 Å². The molecule has 202 valence electrons. The summed E-state index contributed by atoms with van der Waals surface area (Å²) in [6.45, 7) is 1.57. The Hall–Kier alpha value is -2.93. The molecular formula is C25H29ClN6O4S2. The second-order valence-corrected chi connectivity index (χ2v) is 11.6. The molecule has 0 saturated heterocycles. The van der Waals surface area contributed by atoms with E-state index in [2.05, 4.69) is 25.2 Å². The van der Waals surface area contributed by atoms with Crippen LogP contribution in [-0.4, -0.2) is 60.9 Å². The van der Waals surface area contributed by atoms with Crippen LogP contribution in [0.1, 0.15) is 25.7 Å². The summed E-state index contributed by atoms with van der Waals surface area (Å²) in [6, 6.07) is 13.4. The third-order valence-electron chi connectivity index (χ3n) is 5.73. The zero-order valence-corrected chi connectivity index (χ0v) is 23.3. The SMILES string of the molecule is COCCn1c(SCC(=O)Nc2cccc(S(=O)(=O)NC3=NCCCCC3)c2)nnc1-c1ccc(Cl)cc1. The van der Waals surface area contributed by atoms with Gasteiger partial charge in [-0.05, 0) is 55.3 Å². The summed E-state index contributed by atoms with van der Waals surface area (Å²) in [5.41, 5.74) is 1.22. The highest BCUT2D eigenvalue weighted by atomic mass is 35.5. The zero-order valence-electron chi connectivity index (χ0n) is 20.9. The number of amidine groups is 1. The molecule has 0 spiro atoms. The number of aromatic nitrogens is 3. The van der Waals surface area contributed by atoms with Crippen molar-refractivity contribution in [2.45, 2.75) is 42.3 Å². The van der Waals surface area contributed by atoms with E-state index >= 15 is 0 Å². The summed E-state index contributed by atoms with van der Waals surface area (Å²) in [6.07, 6.45) is 3.48. The highest BCUT2D eigenvalue weighted by Crippen LogP contribution is 2.25. The van der Waals surface area contributed by atoms with E-state index in [1.54, 1.807) is 31.4 Å². The number of hydrogen-bond acceptors (Lipinski definition) is 8. The molecule has 0 saturated carbocycles. The van der Waals surface area contributed by atoms with E-state index in [0.29, 0.717) is 53.6 Å². The molecule has 1 amide bonds. The van der Waals surface area contributed by atoms with Crippen LogP contribution in [0, 0.1) is 0 Å². The molecule has 2 heterocycles. The van der Waals surface area contributed by atoms with Gasteiger partial charge in [0.25, 0.3) is 10.0 Å². The first-order chi connectivity index (χ1) is 18.4. The highest BCUT2D eigenvalue weighted by molar-refractivity contribution is 7.99. The van der Waals surface area contributed by atoms with Crippen LogP contribution in [0.3, 0.4) is 0 Å². The summed E-state index contributed by atoms with van der Waals surface area (Å²) in [5, 5.41) is 12.5. The van der Waals surface area contributed by atoms with Crippen molar-refractivity contribution < 1.29 is 17.9 Å². The number of ether oxygens (including phenoxy) is 1. The number of nitrogens with zero attached hydrogens (tertiary/aromatic N) is 4. The molecule has 1 aliphatic rings. The van der Waals surface area contributed by atoms with Crippen LogP contribution in [0.4, 0.5) is 5.69 Å². The van der Waals surface area contributed by atoms with E-state index in [-0.39, 0.29) is 16.6 Å². The topological polar surface area (TPSA) is 128 Å². The summed E-state index contributed by atoms with van der Waals surface area (Å²) >= 11 is 7.24. The van der Waals surface area contributed by atoms with Gasteiger partial charge in [0.05, 0.1) is 23.8 Å². The summed E-state index contributed by atoms with van der Waals surface area (Å²) in [7, 11) is -2.20. The van der Waals surface area contributed by atoms with E-state index in [9.17, 15) is 13.2 Å². The Kier molecular flexibility index (Phi) is 9.78. The third kappa shape index (κ3) is 7.56. The van der Waals surface area contributed by atoms with E-state index in [0.717, 1.165) is 24.8 Å². The van der Waals surface area contributed by atoms with Crippen LogP contribution >= 0.6 is 23.4 Å². The summed E-state index contributed by atoms with van der Waals surface area (Å²) in [5.74, 6) is 0.867. The molecule has 0 bridgehead atoms. The van der Waals surface area contributed by atoms with E-state index < -0.39 is 10.0 Å². The first kappa shape index (κ1) is 28.1. The lowest BCUT2D eigenvalue weighted by Crippen LogP contribution is -2.30. The van der Waals surface area contributed by atoms with Crippen molar-refractivity contribution >= 4 is 50.8 Å². The maximum Gasteiger partial charge on any atom is 0.262 e. The maximum absolute atomic E-state index is 12.9. The fraction of sp³-hybridized carbons (Fsp3) is 0.360. The predicted molar refractivity (Wildman–Crippen MR) is 149 cm³/mol. The molecule has 2 aromatic carbocycles. The molecule has 0 unspecified atom stereocenters. The summed E-state index contributed by atoms with van der Waals surface area (Å²) in [4.78, 5) is 17.1. The number of benzene rings is 2. The van der Waals surface area contributed by atoms with E-state index in [1.807, 2.05) is 16.7 Å². The molecule has 4 rings (SSSR count). The molecular weight excluding hydrogens is 548 g/mol. The van der Waals surface area contributed by atoms with Crippen LogP contribution in [0.25, 0.3) is 11.4 Å². The average molecular weight is 577 g/mol. The number of halogens is 1. The van der Waals surface area contributed by atoms with E-state index in [4.69, 9.17) is 16.3 Å². The number of anilines is 1. The molecule has 0 atom stereocenters. The minimum Gasteiger partial charge on any atom is -0.383 e. The van der Waals surface area contributed by atoms with Crippen LogP contribution in [0.15, 0.2) is 63.6 Å². The molecule has 1 aliphatic heterocycles. The number of carbonyl (C=O) groups excluding carboxylic acids is 1. The van der Waals surface area contributed by atoms with Crippen molar-refractivity contribution in [1.82, 2.24) is 19.5 Å². The molecule has 0 aliphatic carbocycles. The number of nitrogens with one attached hydrogen (secondary N) is 2. The highest BCUT2D eigenvalue weighted by Gasteiger charge is 2.19. The Morgan fingerprint density at radius 2 is 1.95 bits per heavy atom. The molecule has 10 nitrogen and oxygen atoms in total. The van der Waals surface area contributed by atoms with Crippen LogP contribution in [-0.2, 0) is 26.1 Å². The van der Waals surface area contributed by atoms with Gasteiger partial charge in [-0.2, -0.15) is 0 Å². The second kappa shape index (κ2) is 13.2. The molecule has 0 fully saturated rings. The molecule has 3 aromatic rings. The number of carbonyl (C=O) groups is 1. The van der Waals surface area contributed by atoms with Gasteiger partial charge >= 0.3 is 0 Å². The standard InChI is InChI=1S/C25H29ClN6O4S2/c1-36-15-14-32-24(18-9-11-19(26)12-10-18)29-30-25(32)37-17-23(33)28-20-6-5-7-21(16-20)38(34,35)31-22-8-3-2-4-13-27-22/h5-7,9-12,16H,2-4,8,13-15,17H2,1H3,(H,27,31)(H,28,33). The molecule has 0 radical (unpaired) electrons. The first-order valence-corrected chi connectivity index (χ1v) is 15.0.